The number of nitrogens with one attached hydrogen (secondary N) is 1. The Bertz CT molecular complexity index is 476. The van der Waals surface area contributed by atoms with Crippen LogP contribution >= 0.6 is 0 Å². The lowest BCUT2D eigenvalue weighted by molar-refractivity contribution is 0.0695. The molecule has 6 heteroatoms. The van der Waals surface area contributed by atoms with Crippen LogP contribution in [0.3, 0.4) is 0 Å². The van der Waals surface area contributed by atoms with Gasteiger partial charge in [0, 0.05) is 13.6 Å². The third-order valence-electron chi connectivity index (χ3n) is 3.16. The number of carbonyl (C=O) groups is 2. The fourth-order valence-electron chi connectivity index (χ4n) is 1.70. The zero-order valence-corrected chi connectivity index (χ0v) is 11.7. The van der Waals surface area contributed by atoms with Crippen LogP contribution in [0, 0.1) is 0 Å². The summed E-state index contributed by atoms with van der Waals surface area (Å²) in [6.07, 6.45) is 0.440. The van der Waals surface area contributed by atoms with Crippen molar-refractivity contribution in [3.8, 4) is 0 Å². The second-order valence-electron chi connectivity index (χ2n) is 4.59. The van der Waals surface area contributed by atoms with E-state index in [4.69, 9.17) is 10.2 Å². The van der Waals surface area contributed by atoms with Crippen LogP contribution in [0.25, 0.3) is 0 Å². The molecule has 0 saturated carbocycles. The summed E-state index contributed by atoms with van der Waals surface area (Å²) in [7, 11) is 1.60. The second-order valence-corrected chi connectivity index (χ2v) is 4.59. The zero-order chi connectivity index (χ0) is 15.1. The summed E-state index contributed by atoms with van der Waals surface area (Å²) in [5, 5.41) is 20.7. The number of benzene rings is 1. The number of nitrogens with zero attached hydrogens (tertiary/aromatic N) is 1. The minimum Gasteiger partial charge on any atom is -0.478 e. The number of urea groups is 1. The van der Waals surface area contributed by atoms with Crippen molar-refractivity contribution in [1.82, 2.24) is 10.2 Å². The maximum atomic E-state index is 11.7. The Kier molecular flexibility index (Phi) is 5.99. The van der Waals surface area contributed by atoms with Crippen molar-refractivity contribution in [3.05, 3.63) is 35.4 Å². The molecule has 1 rings (SSSR count). The van der Waals surface area contributed by atoms with Gasteiger partial charge in [-0.2, -0.15) is 0 Å². The SMILES string of the molecule is CC(CO)N(C)C(=O)NCCc1ccccc1C(=O)O. The summed E-state index contributed by atoms with van der Waals surface area (Å²) in [5.74, 6) is -0.974. The quantitative estimate of drug-likeness (QED) is 0.723. The molecule has 6 nitrogen and oxygen atoms in total. The largest absolute Gasteiger partial charge is 0.478 e. The minimum atomic E-state index is -0.974. The van der Waals surface area contributed by atoms with Gasteiger partial charge in [-0.3, -0.25) is 0 Å². The highest BCUT2D eigenvalue weighted by Crippen LogP contribution is 2.09. The van der Waals surface area contributed by atoms with Gasteiger partial charge in [0.2, 0.25) is 0 Å². The van der Waals surface area contributed by atoms with Gasteiger partial charge in [0.15, 0.2) is 0 Å². The highest BCUT2D eigenvalue weighted by atomic mass is 16.4. The molecular weight excluding hydrogens is 260 g/mol. The Balaban J connectivity index is 2.53. The van der Waals surface area contributed by atoms with E-state index in [0.29, 0.717) is 18.5 Å². The maximum Gasteiger partial charge on any atom is 0.335 e. The van der Waals surface area contributed by atoms with Crippen LogP contribution in [0.1, 0.15) is 22.8 Å². The molecule has 0 aliphatic rings. The first kappa shape index (κ1) is 16.0. The lowest BCUT2D eigenvalue weighted by Crippen LogP contribution is -2.44. The third kappa shape index (κ3) is 4.24. The van der Waals surface area contributed by atoms with Gasteiger partial charge >= 0.3 is 12.0 Å². The van der Waals surface area contributed by atoms with Crippen molar-refractivity contribution >= 4 is 12.0 Å². The first-order chi connectivity index (χ1) is 9.47. The predicted molar refractivity (Wildman–Crippen MR) is 74.8 cm³/mol. The lowest BCUT2D eigenvalue weighted by Gasteiger charge is -2.23. The highest BCUT2D eigenvalue weighted by molar-refractivity contribution is 5.89. The smallest absolute Gasteiger partial charge is 0.335 e. The fraction of sp³-hybridized carbons (Fsp3) is 0.429. The van der Waals surface area contributed by atoms with Crippen LogP contribution in [0.5, 0.6) is 0 Å². The summed E-state index contributed by atoms with van der Waals surface area (Å²) in [6, 6.07) is 6.15. The van der Waals surface area contributed by atoms with E-state index >= 15 is 0 Å². The number of aliphatic hydroxyl groups excluding tert-OH is 1. The monoisotopic (exact) mass is 280 g/mol. The summed E-state index contributed by atoms with van der Waals surface area (Å²) in [4.78, 5) is 24.2. The molecule has 0 bridgehead atoms. The highest BCUT2D eigenvalue weighted by Gasteiger charge is 2.14. The van der Waals surface area contributed by atoms with E-state index < -0.39 is 5.97 Å². The van der Waals surface area contributed by atoms with Crippen LogP contribution in [-0.4, -0.2) is 53.4 Å². The molecule has 1 aromatic carbocycles. The van der Waals surface area contributed by atoms with Gasteiger partial charge in [0.05, 0.1) is 18.2 Å². The van der Waals surface area contributed by atoms with Gasteiger partial charge in [-0.1, -0.05) is 18.2 Å². The van der Waals surface area contributed by atoms with E-state index in [-0.39, 0.29) is 24.2 Å². The molecule has 1 unspecified atom stereocenters. The number of amides is 2. The second kappa shape index (κ2) is 7.49. The van der Waals surface area contributed by atoms with E-state index in [0.717, 1.165) is 0 Å². The van der Waals surface area contributed by atoms with Crippen molar-refractivity contribution in [1.29, 1.82) is 0 Å². The summed E-state index contributed by atoms with van der Waals surface area (Å²) < 4.78 is 0. The molecular formula is C14H20N2O4. The first-order valence-corrected chi connectivity index (χ1v) is 6.40. The van der Waals surface area contributed by atoms with Crippen molar-refractivity contribution in [3.63, 3.8) is 0 Å². The van der Waals surface area contributed by atoms with Crippen LogP contribution in [0.15, 0.2) is 24.3 Å². The average molecular weight is 280 g/mol. The molecule has 0 saturated heterocycles. The van der Waals surface area contributed by atoms with Gasteiger partial charge in [-0.15, -0.1) is 0 Å². The molecule has 110 valence electrons. The van der Waals surface area contributed by atoms with Gasteiger partial charge in [0.1, 0.15) is 0 Å². The average Bonchev–Trinajstić information content (AvgIpc) is 2.45. The molecule has 0 aliphatic carbocycles. The predicted octanol–water partition coefficient (Wildman–Crippen LogP) is 0.949. The van der Waals surface area contributed by atoms with Gasteiger partial charge in [-0.25, -0.2) is 9.59 Å². The van der Waals surface area contributed by atoms with Crippen LogP contribution < -0.4 is 5.32 Å². The van der Waals surface area contributed by atoms with E-state index in [1.165, 1.54) is 4.90 Å². The third-order valence-corrected chi connectivity index (χ3v) is 3.16. The molecule has 0 aliphatic heterocycles. The number of carbonyl (C=O) groups excluding carboxylic acids is 1. The molecule has 3 N–H and O–H groups in total. The van der Waals surface area contributed by atoms with Gasteiger partial charge < -0.3 is 20.4 Å². The number of likely N-dealkylation sites (N-methyl/N-ethyl adjacent to an activating group) is 1. The van der Waals surface area contributed by atoms with Crippen molar-refractivity contribution < 1.29 is 19.8 Å². The maximum absolute atomic E-state index is 11.7. The Morgan fingerprint density at radius 2 is 2.00 bits per heavy atom. The Morgan fingerprint density at radius 1 is 1.35 bits per heavy atom. The molecule has 0 fully saturated rings. The normalized spacial score (nSPS) is 11.8. The van der Waals surface area contributed by atoms with Crippen molar-refractivity contribution in [2.45, 2.75) is 19.4 Å². The topological polar surface area (TPSA) is 89.9 Å². The zero-order valence-electron chi connectivity index (χ0n) is 11.7. The van der Waals surface area contributed by atoms with E-state index in [1.54, 1.807) is 38.2 Å². The van der Waals surface area contributed by atoms with Crippen LogP contribution in [0.4, 0.5) is 4.79 Å². The van der Waals surface area contributed by atoms with Crippen molar-refractivity contribution in [2.24, 2.45) is 0 Å². The van der Waals surface area contributed by atoms with E-state index in [2.05, 4.69) is 5.32 Å². The number of hydrogen-bond acceptors (Lipinski definition) is 3. The summed E-state index contributed by atoms with van der Waals surface area (Å²) in [5.41, 5.74) is 0.928. The number of aliphatic hydroxyl groups is 1. The number of rotatable bonds is 6. The molecule has 1 aromatic rings. The minimum absolute atomic E-state index is 0.105. The molecule has 20 heavy (non-hydrogen) atoms. The van der Waals surface area contributed by atoms with E-state index in [1.807, 2.05) is 0 Å². The van der Waals surface area contributed by atoms with Crippen LogP contribution in [0.2, 0.25) is 0 Å². The number of carboxylic acid groups (broad SMARTS) is 1. The Morgan fingerprint density at radius 3 is 2.60 bits per heavy atom. The Labute approximate surface area is 118 Å². The first-order valence-electron chi connectivity index (χ1n) is 6.40. The summed E-state index contributed by atoms with van der Waals surface area (Å²) >= 11 is 0. The summed E-state index contributed by atoms with van der Waals surface area (Å²) in [6.45, 7) is 1.97. The Hall–Kier alpha value is -2.08. The van der Waals surface area contributed by atoms with Crippen molar-refractivity contribution in [2.75, 3.05) is 20.2 Å². The molecule has 0 aromatic heterocycles. The fourth-order valence-corrected chi connectivity index (χ4v) is 1.70. The standard InChI is InChI=1S/C14H20N2O4/c1-10(9-17)16(2)14(20)15-8-7-11-5-3-4-6-12(11)13(18)19/h3-6,10,17H,7-9H2,1-2H3,(H,15,20)(H,18,19). The molecule has 0 heterocycles. The van der Waals surface area contributed by atoms with Crippen LogP contribution in [-0.2, 0) is 6.42 Å². The number of carboxylic acids is 1. The molecule has 0 spiro atoms. The molecule has 0 radical (unpaired) electrons. The lowest BCUT2D eigenvalue weighted by atomic mass is 10.0. The number of hydrogen-bond donors (Lipinski definition) is 3. The number of aromatic carboxylic acids is 1. The molecule has 1 atom stereocenters. The van der Waals surface area contributed by atoms with Gasteiger partial charge in [0.25, 0.3) is 0 Å². The van der Waals surface area contributed by atoms with E-state index in [9.17, 15) is 9.59 Å². The molecule has 2 amide bonds. The van der Waals surface area contributed by atoms with Gasteiger partial charge in [-0.05, 0) is 25.0 Å².